The number of rotatable bonds is 1. The Morgan fingerprint density at radius 1 is 0.395 bits per heavy atom. The lowest BCUT2D eigenvalue weighted by Gasteiger charge is -2.15. The van der Waals surface area contributed by atoms with Crippen LogP contribution in [0.4, 0.5) is 0 Å². The van der Waals surface area contributed by atoms with Crippen molar-refractivity contribution >= 4 is 75.9 Å². The molecule has 2 aromatic heterocycles. The van der Waals surface area contributed by atoms with Gasteiger partial charge in [-0.2, -0.15) is 0 Å². The average Bonchev–Trinajstić information content (AvgIpc) is 3.55. The van der Waals surface area contributed by atoms with Crippen LogP contribution in [0, 0.1) is 0 Å². The van der Waals surface area contributed by atoms with Crippen molar-refractivity contribution in [1.82, 2.24) is 9.55 Å². The molecule has 38 heavy (non-hydrogen) atoms. The van der Waals surface area contributed by atoms with Gasteiger partial charge in [-0.05, 0) is 40.4 Å². The van der Waals surface area contributed by atoms with Crippen LogP contribution in [-0.2, 0) is 0 Å². The molecule has 176 valence electrons. The maximum atomic E-state index is 3.81. The molecule has 0 aliphatic carbocycles. The molecule has 2 nitrogen and oxygen atoms in total. The minimum Gasteiger partial charge on any atom is -0.354 e. The summed E-state index contributed by atoms with van der Waals surface area (Å²) in [4.78, 5) is 3.81. The number of hydrogen-bond acceptors (Lipinski definition) is 0. The first kappa shape index (κ1) is 20.0. The molecule has 0 spiro atoms. The molecule has 9 rings (SSSR count). The van der Waals surface area contributed by atoms with Gasteiger partial charge in [0.25, 0.3) is 0 Å². The van der Waals surface area contributed by atoms with Gasteiger partial charge >= 0.3 is 0 Å². The van der Waals surface area contributed by atoms with Crippen molar-refractivity contribution in [3.63, 3.8) is 0 Å². The van der Waals surface area contributed by atoms with Crippen molar-refractivity contribution in [2.75, 3.05) is 0 Å². The molecule has 0 atom stereocenters. The Morgan fingerprint density at radius 2 is 0.974 bits per heavy atom. The zero-order valence-electron chi connectivity index (χ0n) is 20.6. The fraction of sp³-hybridized carbons (Fsp3) is 0. The molecule has 0 radical (unpaired) electrons. The molecule has 9 aromatic rings. The fourth-order valence-electron chi connectivity index (χ4n) is 6.81. The molecule has 0 saturated carbocycles. The van der Waals surface area contributed by atoms with E-state index in [2.05, 4.69) is 137 Å². The fourth-order valence-corrected chi connectivity index (χ4v) is 6.81. The molecule has 0 bridgehead atoms. The Hall–Kier alpha value is -5.08. The summed E-state index contributed by atoms with van der Waals surface area (Å²) < 4.78 is 2.46. The van der Waals surface area contributed by atoms with Crippen LogP contribution in [0.5, 0.6) is 0 Å². The molecule has 0 amide bonds. The van der Waals surface area contributed by atoms with Gasteiger partial charge in [-0.1, -0.05) is 103 Å². The van der Waals surface area contributed by atoms with E-state index in [-0.39, 0.29) is 0 Å². The highest BCUT2D eigenvalue weighted by Crippen LogP contribution is 2.48. The second-order valence-electron chi connectivity index (χ2n) is 10.2. The van der Waals surface area contributed by atoms with Gasteiger partial charge in [0.1, 0.15) is 0 Å². The van der Waals surface area contributed by atoms with Crippen LogP contribution in [0.2, 0.25) is 0 Å². The second kappa shape index (κ2) is 7.24. The van der Waals surface area contributed by atoms with Crippen LogP contribution in [0.3, 0.4) is 0 Å². The Kier molecular flexibility index (Phi) is 3.82. The Balaban J connectivity index is 1.74. The van der Waals surface area contributed by atoms with E-state index in [1.54, 1.807) is 0 Å². The van der Waals surface area contributed by atoms with E-state index in [0.717, 1.165) is 0 Å². The van der Waals surface area contributed by atoms with Gasteiger partial charge in [0, 0.05) is 48.9 Å². The van der Waals surface area contributed by atoms with Crippen LogP contribution in [0.1, 0.15) is 0 Å². The van der Waals surface area contributed by atoms with Gasteiger partial charge in [-0.3, -0.25) is 0 Å². The summed E-state index contributed by atoms with van der Waals surface area (Å²) in [6.45, 7) is 0. The monoisotopic (exact) mass is 482 g/mol. The normalized spacial score (nSPS) is 12.2. The lowest BCUT2D eigenvalue weighted by molar-refractivity contribution is 1.19. The molecular weight excluding hydrogens is 460 g/mol. The van der Waals surface area contributed by atoms with E-state index in [0.29, 0.717) is 0 Å². The van der Waals surface area contributed by atoms with Gasteiger partial charge in [0.2, 0.25) is 0 Å². The summed E-state index contributed by atoms with van der Waals surface area (Å²) in [6.07, 6.45) is 0. The SMILES string of the molecule is c1ccc(-n2c3ccccc3c3c4c(c5ccccc5c5[nH]c6ccccc6c54)c4ccccc4c32)cc1. The number of aromatic nitrogens is 2. The Bertz CT molecular complexity index is 2390. The molecule has 0 fully saturated rings. The minimum absolute atomic E-state index is 1.17. The zero-order valence-corrected chi connectivity index (χ0v) is 20.6. The smallest absolute Gasteiger partial charge is 0.0626 e. The maximum absolute atomic E-state index is 3.81. The predicted molar refractivity (Wildman–Crippen MR) is 163 cm³/mol. The van der Waals surface area contributed by atoms with Crippen molar-refractivity contribution in [2.24, 2.45) is 0 Å². The van der Waals surface area contributed by atoms with Crippen LogP contribution in [0.15, 0.2) is 127 Å². The lowest BCUT2D eigenvalue weighted by atomic mass is 9.89. The zero-order chi connectivity index (χ0) is 24.8. The quantitative estimate of drug-likeness (QED) is 0.225. The Morgan fingerprint density at radius 3 is 1.76 bits per heavy atom. The summed E-state index contributed by atoms with van der Waals surface area (Å²) in [6, 6.07) is 46.2. The van der Waals surface area contributed by atoms with Gasteiger partial charge in [0.05, 0.1) is 16.6 Å². The van der Waals surface area contributed by atoms with E-state index < -0.39 is 0 Å². The van der Waals surface area contributed by atoms with Gasteiger partial charge in [0.15, 0.2) is 0 Å². The number of H-pyrrole nitrogens is 1. The van der Waals surface area contributed by atoms with Gasteiger partial charge in [-0.15, -0.1) is 0 Å². The summed E-state index contributed by atoms with van der Waals surface area (Å²) in [5.74, 6) is 0. The number of nitrogens with one attached hydrogen (secondary N) is 1. The van der Waals surface area contributed by atoms with Crippen LogP contribution >= 0.6 is 0 Å². The highest BCUT2D eigenvalue weighted by Gasteiger charge is 2.23. The number of para-hydroxylation sites is 3. The molecule has 1 N–H and O–H groups in total. The molecular formula is C36H22N2. The topological polar surface area (TPSA) is 20.7 Å². The van der Waals surface area contributed by atoms with Crippen molar-refractivity contribution in [2.45, 2.75) is 0 Å². The molecule has 0 unspecified atom stereocenters. The van der Waals surface area contributed by atoms with E-state index in [4.69, 9.17) is 0 Å². The average molecular weight is 483 g/mol. The third-order valence-corrected chi connectivity index (χ3v) is 8.26. The van der Waals surface area contributed by atoms with E-state index in [9.17, 15) is 0 Å². The molecule has 0 saturated heterocycles. The summed E-state index contributed by atoms with van der Waals surface area (Å²) >= 11 is 0. The van der Waals surface area contributed by atoms with Crippen molar-refractivity contribution in [3.05, 3.63) is 127 Å². The van der Waals surface area contributed by atoms with Crippen LogP contribution in [0.25, 0.3) is 81.6 Å². The third-order valence-electron chi connectivity index (χ3n) is 8.26. The molecule has 7 aromatic carbocycles. The van der Waals surface area contributed by atoms with Crippen molar-refractivity contribution < 1.29 is 0 Å². The minimum atomic E-state index is 1.17. The highest BCUT2D eigenvalue weighted by atomic mass is 15.0. The van der Waals surface area contributed by atoms with Crippen molar-refractivity contribution in [1.29, 1.82) is 0 Å². The van der Waals surface area contributed by atoms with Gasteiger partial charge < -0.3 is 9.55 Å². The predicted octanol–water partition coefficient (Wildman–Crippen LogP) is 9.88. The van der Waals surface area contributed by atoms with Gasteiger partial charge in [-0.25, -0.2) is 0 Å². The maximum Gasteiger partial charge on any atom is 0.0626 e. The standard InChI is InChI=1S/C36H22N2/c1-2-12-22(13-3-1)38-30-21-11-9-19-28(30)33-34-31(24-15-5-7-17-26(24)36(33)38)23-14-4-6-16-25(23)35-32(34)27-18-8-10-20-29(27)37-35/h1-21,37H. The summed E-state index contributed by atoms with van der Waals surface area (Å²) in [5.41, 5.74) is 6.06. The number of hydrogen-bond donors (Lipinski definition) is 1. The molecule has 2 heterocycles. The van der Waals surface area contributed by atoms with E-state index in [1.807, 2.05) is 0 Å². The number of fused-ring (bicyclic) bond motifs is 15. The molecule has 0 aliphatic rings. The molecule has 2 heteroatoms. The van der Waals surface area contributed by atoms with E-state index >= 15 is 0 Å². The van der Waals surface area contributed by atoms with E-state index in [1.165, 1.54) is 81.6 Å². The number of aromatic amines is 1. The first-order valence-corrected chi connectivity index (χ1v) is 13.1. The first-order chi connectivity index (χ1) is 18.9. The van der Waals surface area contributed by atoms with Crippen LogP contribution in [-0.4, -0.2) is 9.55 Å². The molecule has 0 aliphatic heterocycles. The number of nitrogens with zero attached hydrogens (tertiary/aromatic N) is 1. The van der Waals surface area contributed by atoms with Crippen LogP contribution < -0.4 is 0 Å². The second-order valence-corrected chi connectivity index (χ2v) is 10.2. The third kappa shape index (κ3) is 2.42. The largest absolute Gasteiger partial charge is 0.354 e. The van der Waals surface area contributed by atoms with Crippen molar-refractivity contribution in [3.8, 4) is 5.69 Å². The Labute approximate surface area is 218 Å². The first-order valence-electron chi connectivity index (χ1n) is 13.1. The lowest BCUT2D eigenvalue weighted by Crippen LogP contribution is -1.94. The summed E-state index contributed by atoms with van der Waals surface area (Å²) in [5, 5.41) is 13.0. The number of benzene rings is 7. The summed E-state index contributed by atoms with van der Waals surface area (Å²) in [7, 11) is 0. The highest BCUT2D eigenvalue weighted by molar-refractivity contribution is 6.45.